The van der Waals surface area contributed by atoms with Crippen molar-refractivity contribution < 1.29 is 14.3 Å². The maximum absolute atomic E-state index is 13.0. The lowest BCUT2D eigenvalue weighted by Gasteiger charge is -2.35. The highest BCUT2D eigenvalue weighted by Crippen LogP contribution is 2.31. The molecule has 0 spiro atoms. The molecular formula is C19H23N3O3S. The Morgan fingerprint density at radius 3 is 2.85 bits per heavy atom. The van der Waals surface area contributed by atoms with E-state index in [1.54, 1.807) is 16.2 Å². The van der Waals surface area contributed by atoms with Crippen molar-refractivity contribution in [3.63, 3.8) is 0 Å². The van der Waals surface area contributed by atoms with Crippen LogP contribution < -0.4 is 10.2 Å². The number of nitrogens with one attached hydrogen (secondary N) is 1. The number of ether oxygens (including phenoxy) is 1. The van der Waals surface area contributed by atoms with E-state index in [-0.39, 0.29) is 17.9 Å². The smallest absolute Gasteiger partial charge is 0.325 e. The Balaban J connectivity index is 1.59. The van der Waals surface area contributed by atoms with E-state index < -0.39 is 11.6 Å². The van der Waals surface area contributed by atoms with Gasteiger partial charge in [-0.05, 0) is 55.8 Å². The van der Waals surface area contributed by atoms with E-state index in [1.807, 2.05) is 49.3 Å². The summed E-state index contributed by atoms with van der Waals surface area (Å²) in [6.07, 6.45) is 0. The predicted octanol–water partition coefficient (Wildman–Crippen LogP) is 2.19. The van der Waals surface area contributed by atoms with Gasteiger partial charge in [-0.1, -0.05) is 0 Å². The topological polar surface area (TPSA) is 61.9 Å². The van der Waals surface area contributed by atoms with E-state index in [1.165, 1.54) is 4.70 Å². The van der Waals surface area contributed by atoms with Gasteiger partial charge >= 0.3 is 5.97 Å². The van der Waals surface area contributed by atoms with Crippen molar-refractivity contribution in [3.8, 4) is 0 Å². The summed E-state index contributed by atoms with van der Waals surface area (Å²) in [6, 6.07) is 7.33. The van der Waals surface area contributed by atoms with Crippen LogP contribution in [-0.4, -0.2) is 54.2 Å². The van der Waals surface area contributed by atoms with Gasteiger partial charge in [0.05, 0.1) is 6.67 Å². The normalized spacial score (nSPS) is 24.1. The van der Waals surface area contributed by atoms with E-state index in [2.05, 4.69) is 11.4 Å². The molecule has 1 amide bonds. The van der Waals surface area contributed by atoms with E-state index in [4.69, 9.17) is 4.74 Å². The van der Waals surface area contributed by atoms with Crippen molar-refractivity contribution in [2.24, 2.45) is 0 Å². The summed E-state index contributed by atoms with van der Waals surface area (Å²) in [5.41, 5.74) is 0.329. The summed E-state index contributed by atoms with van der Waals surface area (Å²) < 4.78 is 6.76. The third-order valence-corrected chi connectivity index (χ3v) is 5.66. The molecule has 7 heteroatoms. The highest BCUT2D eigenvalue weighted by Gasteiger charge is 2.47. The van der Waals surface area contributed by atoms with Gasteiger partial charge in [0.1, 0.15) is 17.7 Å². The quantitative estimate of drug-likeness (QED) is 0.818. The molecule has 2 aliphatic heterocycles. The molecule has 4 rings (SSSR count). The number of rotatable bonds is 2. The number of piperazine rings is 1. The minimum absolute atomic E-state index is 0.0281. The van der Waals surface area contributed by atoms with E-state index in [0.717, 1.165) is 11.1 Å². The Hall–Kier alpha value is -1.96. The molecular weight excluding hydrogens is 350 g/mol. The average Bonchev–Trinajstić information content (AvgIpc) is 3.17. The van der Waals surface area contributed by atoms with Crippen LogP contribution in [0, 0.1) is 0 Å². The van der Waals surface area contributed by atoms with Gasteiger partial charge in [-0.2, -0.15) is 0 Å². The van der Waals surface area contributed by atoms with Crippen LogP contribution in [-0.2, 0) is 14.3 Å². The summed E-state index contributed by atoms with van der Waals surface area (Å²) in [4.78, 5) is 29.3. The van der Waals surface area contributed by atoms with Crippen LogP contribution in [0.15, 0.2) is 29.6 Å². The first-order chi connectivity index (χ1) is 12.3. The van der Waals surface area contributed by atoms with E-state index in [0.29, 0.717) is 19.8 Å². The van der Waals surface area contributed by atoms with Gasteiger partial charge in [0, 0.05) is 23.5 Å². The second kappa shape index (κ2) is 6.33. The molecule has 1 aromatic carbocycles. The molecule has 1 aromatic heterocycles. The number of thiophene rings is 1. The van der Waals surface area contributed by atoms with E-state index in [9.17, 15) is 9.59 Å². The second-order valence-electron chi connectivity index (χ2n) is 7.79. The molecule has 0 bridgehead atoms. The fraction of sp³-hybridized carbons (Fsp3) is 0.474. The first-order valence-corrected chi connectivity index (χ1v) is 9.69. The fourth-order valence-corrected chi connectivity index (χ4v) is 4.34. The molecule has 2 atom stereocenters. The van der Waals surface area contributed by atoms with Crippen molar-refractivity contribution in [2.75, 3.05) is 24.7 Å². The van der Waals surface area contributed by atoms with Crippen molar-refractivity contribution in [3.05, 3.63) is 29.6 Å². The largest absolute Gasteiger partial charge is 0.459 e. The van der Waals surface area contributed by atoms with Gasteiger partial charge in [-0.25, -0.2) is 0 Å². The van der Waals surface area contributed by atoms with E-state index >= 15 is 0 Å². The molecule has 2 aromatic rings. The molecule has 2 fully saturated rings. The number of benzene rings is 1. The zero-order valence-corrected chi connectivity index (χ0v) is 16.0. The lowest BCUT2D eigenvalue weighted by Crippen LogP contribution is -2.60. The Morgan fingerprint density at radius 2 is 2.08 bits per heavy atom. The first kappa shape index (κ1) is 17.5. The van der Waals surface area contributed by atoms with Gasteiger partial charge in [0.2, 0.25) is 5.91 Å². The molecule has 2 saturated heterocycles. The number of hydrogen-bond acceptors (Lipinski definition) is 6. The summed E-state index contributed by atoms with van der Waals surface area (Å²) >= 11 is 1.68. The number of esters is 1. The van der Waals surface area contributed by atoms with Gasteiger partial charge in [0.15, 0.2) is 0 Å². The molecule has 6 nitrogen and oxygen atoms in total. The van der Waals surface area contributed by atoms with Crippen LogP contribution in [0.5, 0.6) is 0 Å². The van der Waals surface area contributed by atoms with Crippen molar-refractivity contribution in [1.29, 1.82) is 0 Å². The van der Waals surface area contributed by atoms with Crippen LogP contribution in [0.25, 0.3) is 10.1 Å². The lowest BCUT2D eigenvalue weighted by molar-refractivity contribution is -0.162. The number of amides is 1. The van der Waals surface area contributed by atoms with Crippen LogP contribution in [0.1, 0.15) is 20.8 Å². The number of hydrogen-bond donors (Lipinski definition) is 1. The average molecular weight is 373 g/mol. The predicted molar refractivity (Wildman–Crippen MR) is 102 cm³/mol. The number of carbonyl (C=O) groups excluding carboxylic acids is 2. The molecule has 2 unspecified atom stereocenters. The van der Waals surface area contributed by atoms with Gasteiger partial charge in [-0.15, -0.1) is 11.3 Å². The standard InChI is InChI=1S/C19H23N3O3S/c1-19(2,3)25-18(24)15-10-20-9-14-17(23)21(11-22(14)15)13-4-5-16-12(8-13)6-7-26-16/h4-8,14-15,20H,9-11H2,1-3H3. The Bertz CT molecular complexity index is 857. The second-order valence-corrected chi connectivity index (χ2v) is 8.74. The van der Waals surface area contributed by atoms with Crippen LogP contribution in [0.3, 0.4) is 0 Å². The van der Waals surface area contributed by atoms with Crippen molar-refractivity contribution in [2.45, 2.75) is 38.5 Å². The maximum Gasteiger partial charge on any atom is 0.325 e. The number of carbonyl (C=O) groups is 2. The molecule has 0 saturated carbocycles. The van der Waals surface area contributed by atoms with Crippen molar-refractivity contribution in [1.82, 2.24) is 10.2 Å². The van der Waals surface area contributed by atoms with Crippen LogP contribution in [0.4, 0.5) is 5.69 Å². The van der Waals surface area contributed by atoms with Gasteiger partial charge < -0.3 is 10.1 Å². The molecule has 26 heavy (non-hydrogen) atoms. The summed E-state index contributed by atoms with van der Waals surface area (Å²) in [7, 11) is 0. The number of nitrogens with zero attached hydrogens (tertiary/aromatic N) is 2. The number of fused-ring (bicyclic) bond motifs is 2. The minimum atomic E-state index is -0.544. The van der Waals surface area contributed by atoms with Gasteiger partial charge in [-0.3, -0.25) is 19.4 Å². The first-order valence-electron chi connectivity index (χ1n) is 8.81. The lowest BCUT2D eigenvalue weighted by atomic mass is 10.1. The molecule has 0 aliphatic carbocycles. The monoisotopic (exact) mass is 373 g/mol. The minimum Gasteiger partial charge on any atom is -0.459 e. The Labute approximate surface area is 156 Å². The third-order valence-electron chi connectivity index (χ3n) is 4.76. The molecule has 3 heterocycles. The SMILES string of the molecule is CC(C)(C)OC(=O)C1CNCC2C(=O)N(c3ccc4sccc4c3)CN12. The van der Waals surface area contributed by atoms with Crippen molar-refractivity contribution >= 4 is 39.0 Å². The number of anilines is 1. The Morgan fingerprint density at radius 1 is 1.27 bits per heavy atom. The zero-order chi connectivity index (χ0) is 18.5. The van der Waals surface area contributed by atoms with Gasteiger partial charge in [0.25, 0.3) is 0 Å². The summed E-state index contributed by atoms with van der Waals surface area (Å²) in [6.45, 7) is 7.03. The molecule has 0 radical (unpaired) electrons. The highest BCUT2D eigenvalue weighted by atomic mass is 32.1. The van der Waals surface area contributed by atoms with Crippen LogP contribution in [0.2, 0.25) is 0 Å². The highest BCUT2D eigenvalue weighted by molar-refractivity contribution is 7.17. The van der Waals surface area contributed by atoms with Crippen LogP contribution >= 0.6 is 11.3 Å². The summed E-state index contributed by atoms with van der Waals surface area (Å²) in [5, 5.41) is 6.39. The third kappa shape index (κ3) is 3.11. The Kier molecular flexibility index (Phi) is 4.25. The fourth-order valence-electron chi connectivity index (χ4n) is 3.57. The zero-order valence-electron chi connectivity index (χ0n) is 15.2. The maximum atomic E-state index is 13.0. The molecule has 1 N–H and O–H groups in total. The molecule has 138 valence electrons. The molecule has 2 aliphatic rings. The summed E-state index contributed by atoms with van der Waals surface area (Å²) in [5.74, 6) is -0.252.